The summed E-state index contributed by atoms with van der Waals surface area (Å²) < 4.78 is 0. The molecule has 5 heteroatoms. The van der Waals surface area contributed by atoms with Crippen LogP contribution >= 0.6 is 0 Å². The molecule has 0 aliphatic heterocycles. The molecule has 0 bridgehead atoms. The van der Waals surface area contributed by atoms with E-state index >= 15 is 0 Å². The van der Waals surface area contributed by atoms with Crippen molar-refractivity contribution in [3.05, 3.63) is 57.9 Å². The number of aromatic nitrogens is 1. The molecule has 3 rings (SSSR count). The Labute approximate surface area is 161 Å². The summed E-state index contributed by atoms with van der Waals surface area (Å²) in [6, 6.07) is 8.34. The summed E-state index contributed by atoms with van der Waals surface area (Å²) in [5, 5.41) is 2.99. The van der Waals surface area contributed by atoms with Crippen molar-refractivity contribution in [2.75, 3.05) is 13.1 Å². The second-order valence-corrected chi connectivity index (χ2v) is 7.22. The molecule has 1 amide bonds. The number of carbonyl (C=O) groups excluding carboxylic acids is 2. The van der Waals surface area contributed by atoms with Gasteiger partial charge in [-0.25, -0.2) is 0 Å². The number of aryl methyl sites for hydroxylation is 1. The first-order valence-corrected chi connectivity index (χ1v) is 9.86. The number of Topliss-reactive ketones (excluding diaryl/α,β-unsaturated/α-hetero) is 1. The summed E-state index contributed by atoms with van der Waals surface area (Å²) in [7, 11) is 0. The van der Waals surface area contributed by atoms with Crippen LogP contribution in [0.25, 0.3) is 0 Å². The lowest BCUT2D eigenvalue weighted by atomic mass is 9.94. The number of hydrogen-bond acceptors (Lipinski definition) is 3. The second kappa shape index (κ2) is 8.53. The molecule has 0 spiro atoms. The molecule has 0 fully saturated rings. The number of nitrogens with zero attached hydrogens (tertiary/aromatic N) is 1. The summed E-state index contributed by atoms with van der Waals surface area (Å²) in [5.74, 6) is -0.00278. The maximum absolute atomic E-state index is 12.7. The molecule has 5 nitrogen and oxygen atoms in total. The third-order valence-electron chi connectivity index (χ3n) is 5.41. The van der Waals surface area contributed by atoms with Gasteiger partial charge in [-0.05, 0) is 49.5 Å². The minimum absolute atomic E-state index is 0.146. The fourth-order valence-corrected chi connectivity index (χ4v) is 3.82. The lowest BCUT2D eigenvalue weighted by Gasteiger charge is -2.18. The van der Waals surface area contributed by atoms with Gasteiger partial charge >= 0.3 is 0 Å². The largest absolute Gasteiger partial charge is 0.354 e. The molecular formula is C22H29N3O2. The van der Waals surface area contributed by atoms with E-state index in [-0.39, 0.29) is 11.7 Å². The molecule has 1 aliphatic rings. The lowest BCUT2D eigenvalue weighted by molar-refractivity contribution is 0.0945. The SMILES string of the molecule is CCN(CC)Cc1cccc(CNC(=O)c2[nH]c3c(c2C)C(=O)CCC3)c1. The predicted molar refractivity (Wildman–Crippen MR) is 107 cm³/mol. The number of amides is 1. The van der Waals surface area contributed by atoms with Crippen molar-refractivity contribution in [1.29, 1.82) is 0 Å². The average molecular weight is 367 g/mol. The van der Waals surface area contributed by atoms with E-state index in [9.17, 15) is 9.59 Å². The normalized spacial score (nSPS) is 13.7. The zero-order valence-corrected chi connectivity index (χ0v) is 16.5. The van der Waals surface area contributed by atoms with E-state index in [4.69, 9.17) is 0 Å². The van der Waals surface area contributed by atoms with Gasteiger partial charge in [0.2, 0.25) is 0 Å². The number of fused-ring (bicyclic) bond motifs is 1. The number of H-pyrrole nitrogens is 1. The van der Waals surface area contributed by atoms with Crippen molar-refractivity contribution in [2.45, 2.75) is 53.1 Å². The average Bonchev–Trinajstić information content (AvgIpc) is 3.02. The molecule has 0 saturated carbocycles. The fraction of sp³-hybridized carbons (Fsp3) is 0.455. The summed E-state index contributed by atoms with van der Waals surface area (Å²) in [6.07, 6.45) is 2.26. The fourth-order valence-electron chi connectivity index (χ4n) is 3.82. The predicted octanol–water partition coefficient (Wildman–Crippen LogP) is 3.61. The molecule has 0 radical (unpaired) electrons. The zero-order valence-electron chi connectivity index (χ0n) is 16.5. The number of nitrogens with one attached hydrogen (secondary N) is 2. The van der Waals surface area contributed by atoms with Crippen molar-refractivity contribution < 1.29 is 9.59 Å². The Morgan fingerprint density at radius 3 is 2.63 bits per heavy atom. The van der Waals surface area contributed by atoms with Crippen molar-refractivity contribution in [3.8, 4) is 0 Å². The first-order chi connectivity index (χ1) is 13.0. The smallest absolute Gasteiger partial charge is 0.268 e. The number of benzene rings is 1. The van der Waals surface area contributed by atoms with Gasteiger partial charge in [-0.1, -0.05) is 38.1 Å². The molecule has 0 saturated heterocycles. The summed E-state index contributed by atoms with van der Waals surface area (Å²) in [5.41, 5.74) is 5.28. The van der Waals surface area contributed by atoms with Gasteiger partial charge in [-0.3, -0.25) is 14.5 Å². The van der Waals surface area contributed by atoms with E-state index in [0.717, 1.165) is 54.9 Å². The van der Waals surface area contributed by atoms with E-state index in [2.05, 4.69) is 41.2 Å². The first kappa shape index (κ1) is 19.4. The molecule has 1 aromatic carbocycles. The molecule has 27 heavy (non-hydrogen) atoms. The van der Waals surface area contributed by atoms with Crippen LogP contribution in [0.3, 0.4) is 0 Å². The Hall–Kier alpha value is -2.40. The monoisotopic (exact) mass is 367 g/mol. The van der Waals surface area contributed by atoms with Crippen LogP contribution in [0.1, 0.15) is 69.9 Å². The van der Waals surface area contributed by atoms with Gasteiger partial charge < -0.3 is 10.3 Å². The molecule has 1 aromatic heterocycles. The molecular weight excluding hydrogens is 338 g/mol. The van der Waals surface area contributed by atoms with E-state index in [0.29, 0.717) is 18.7 Å². The Morgan fingerprint density at radius 2 is 1.93 bits per heavy atom. The van der Waals surface area contributed by atoms with Crippen molar-refractivity contribution >= 4 is 11.7 Å². The Morgan fingerprint density at radius 1 is 1.19 bits per heavy atom. The molecule has 2 N–H and O–H groups in total. The maximum Gasteiger partial charge on any atom is 0.268 e. The van der Waals surface area contributed by atoms with E-state index < -0.39 is 0 Å². The van der Waals surface area contributed by atoms with E-state index in [1.165, 1.54) is 5.56 Å². The van der Waals surface area contributed by atoms with Gasteiger partial charge in [0.1, 0.15) is 5.69 Å². The van der Waals surface area contributed by atoms with Crippen LogP contribution in [0.4, 0.5) is 0 Å². The van der Waals surface area contributed by atoms with Gasteiger partial charge in [0.15, 0.2) is 5.78 Å². The van der Waals surface area contributed by atoms with Gasteiger partial charge in [0.05, 0.1) is 0 Å². The summed E-state index contributed by atoms with van der Waals surface area (Å²) in [4.78, 5) is 30.3. The minimum Gasteiger partial charge on any atom is -0.354 e. The van der Waals surface area contributed by atoms with Crippen LogP contribution in [0.2, 0.25) is 0 Å². The quantitative estimate of drug-likeness (QED) is 0.786. The van der Waals surface area contributed by atoms with Crippen LogP contribution in [-0.2, 0) is 19.5 Å². The highest BCUT2D eigenvalue weighted by Gasteiger charge is 2.26. The van der Waals surface area contributed by atoms with E-state index in [1.54, 1.807) is 0 Å². The Balaban J connectivity index is 1.67. The third-order valence-corrected chi connectivity index (χ3v) is 5.41. The number of aromatic amines is 1. The second-order valence-electron chi connectivity index (χ2n) is 7.22. The minimum atomic E-state index is -0.149. The van der Waals surface area contributed by atoms with Crippen molar-refractivity contribution in [1.82, 2.24) is 15.2 Å². The molecule has 1 heterocycles. The van der Waals surface area contributed by atoms with Gasteiger partial charge in [-0.15, -0.1) is 0 Å². The standard InChI is InChI=1S/C22H29N3O2/c1-4-25(5-2)14-17-9-6-8-16(12-17)13-23-22(27)21-15(3)20-18(24-21)10-7-11-19(20)26/h6,8-9,12,24H,4-5,7,10-11,13-14H2,1-3H3,(H,23,27). The molecule has 2 aromatic rings. The molecule has 0 atom stereocenters. The van der Waals surface area contributed by atoms with Crippen molar-refractivity contribution in [3.63, 3.8) is 0 Å². The van der Waals surface area contributed by atoms with Crippen molar-refractivity contribution in [2.24, 2.45) is 0 Å². The molecule has 144 valence electrons. The highest BCUT2D eigenvalue weighted by molar-refractivity contribution is 6.04. The number of carbonyl (C=O) groups is 2. The van der Waals surface area contributed by atoms with Gasteiger partial charge in [0, 0.05) is 30.8 Å². The van der Waals surface area contributed by atoms with Gasteiger partial charge in [0.25, 0.3) is 5.91 Å². The van der Waals surface area contributed by atoms with Crippen LogP contribution in [0, 0.1) is 6.92 Å². The lowest BCUT2D eigenvalue weighted by Crippen LogP contribution is -2.24. The van der Waals surface area contributed by atoms with Gasteiger partial charge in [-0.2, -0.15) is 0 Å². The summed E-state index contributed by atoms with van der Waals surface area (Å²) >= 11 is 0. The maximum atomic E-state index is 12.7. The first-order valence-electron chi connectivity index (χ1n) is 9.86. The number of ketones is 1. The van der Waals surface area contributed by atoms with Crippen LogP contribution < -0.4 is 5.32 Å². The van der Waals surface area contributed by atoms with Crippen LogP contribution in [0.15, 0.2) is 24.3 Å². The highest BCUT2D eigenvalue weighted by Crippen LogP contribution is 2.26. The Kier molecular flexibility index (Phi) is 6.11. The van der Waals surface area contributed by atoms with Crippen LogP contribution in [0.5, 0.6) is 0 Å². The topological polar surface area (TPSA) is 65.2 Å². The molecule has 1 aliphatic carbocycles. The summed E-state index contributed by atoms with van der Waals surface area (Å²) in [6.45, 7) is 9.62. The zero-order chi connectivity index (χ0) is 19.4. The number of rotatable bonds is 7. The highest BCUT2D eigenvalue weighted by atomic mass is 16.2. The molecule has 0 unspecified atom stereocenters. The van der Waals surface area contributed by atoms with Crippen LogP contribution in [-0.4, -0.2) is 34.7 Å². The number of hydrogen-bond donors (Lipinski definition) is 2. The van der Waals surface area contributed by atoms with E-state index in [1.807, 2.05) is 19.1 Å². The third kappa shape index (κ3) is 4.30. The Bertz CT molecular complexity index is 834.